The molecule has 0 aliphatic heterocycles. The Morgan fingerprint density at radius 2 is 1.96 bits per heavy atom. The van der Waals surface area contributed by atoms with Crippen LogP contribution in [-0.2, 0) is 5.75 Å². The molecule has 0 bridgehead atoms. The summed E-state index contributed by atoms with van der Waals surface area (Å²) >= 11 is 3.28. The second kappa shape index (κ2) is 6.98. The van der Waals surface area contributed by atoms with Crippen molar-refractivity contribution in [3.63, 3.8) is 0 Å². The Balaban J connectivity index is 1.73. The fraction of sp³-hybridized carbons (Fsp3) is 0.438. The monoisotopic (exact) mass is 347 g/mol. The number of aromatic nitrogens is 4. The standard InChI is InChI=1S/C16H21N5S2/c1-10(2)8-13(17)14-18-19-15-21(14)20-16(23-15)22-9-12-6-4-11(3)5-7-12/h4-7,10,13H,8-9,17H2,1-3H3/t13-/m0/s1. The van der Waals surface area contributed by atoms with E-state index in [1.54, 1.807) is 27.6 Å². The maximum absolute atomic E-state index is 6.23. The van der Waals surface area contributed by atoms with Gasteiger partial charge in [-0.15, -0.1) is 15.3 Å². The lowest BCUT2D eigenvalue weighted by molar-refractivity contribution is 0.485. The molecule has 0 unspecified atom stereocenters. The van der Waals surface area contributed by atoms with Gasteiger partial charge in [0.05, 0.1) is 6.04 Å². The SMILES string of the molecule is Cc1ccc(CSc2nn3c([C@@H](N)CC(C)C)nnc3s2)cc1. The molecule has 0 spiro atoms. The molecule has 0 saturated carbocycles. The third kappa shape index (κ3) is 3.91. The molecule has 0 amide bonds. The molecule has 5 nitrogen and oxygen atoms in total. The van der Waals surface area contributed by atoms with Crippen LogP contribution in [0.3, 0.4) is 0 Å². The van der Waals surface area contributed by atoms with Crippen molar-refractivity contribution >= 4 is 28.1 Å². The molecule has 2 N–H and O–H groups in total. The van der Waals surface area contributed by atoms with Crippen LogP contribution in [0.4, 0.5) is 0 Å². The van der Waals surface area contributed by atoms with Crippen molar-refractivity contribution < 1.29 is 0 Å². The van der Waals surface area contributed by atoms with Gasteiger partial charge in [0.15, 0.2) is 10.2 Å². The number of thioether (sulfide) groups is 1. The first-order chi connectivity index (χ1) is 11.0. The summed E-state index contributed by atoms with van der Waals surface area (Å²) in [6.07, 6.45) is 0.879. The largest absolute Gasteiger partial charge is 0.321 e. The van der Waals surface area contributed by atoms with Gasteiger partial charge in [-0.1, -0.05) is 66.8 Å². The summed E-state index contributed by atoms with van der Waals surface area (Å²) in [5.74, 6) is 2.18. The van der Waals surface area contributed by atoms with E-state index in [0.29, 0.717) is 5.92 Å². The van der Waals surface area contributed by atoms with E-state index in [9.17, 15) is 0 Å². The van der Waals surface area contributed by atoms with E-state index < -0.39 is 0 Å². The minimum absolute atomic E-state index is 0.123. The quantitative estimate of drug-likeness (QED) is 0.686. The zero-order chi connectivity index (χ0) is 16.4. The van der Waals surface area contributed by atoms with E-state index in [-0.39, 0.29) is 6.04 Å². The predicted molar refractivity (Wildman–Crippen MR) is 95.8 cm³/mol. The fourth-order valence-corrected chi connectivity index (χ4v) is 4.19. The number of hydrogen-bond acceptors (Lipinski definition) is 6. The zero-order valence-corrected chi connectivity index (χ0v) is 15.2. The minimum atomic E-state index is -0.123. The first-order valence-corrected chi connectivity index (χ1v) is 9.49. The molecule has 3 rings (SSSR count). The van der Waals surface area contributed by atoms with E-state index in [2.05, 4.69) is 60.3 Å². The number of hydrogen-bond donors (Lipinski definition) is 1. The van der Waals surface area contributed by atoms with Crippen LogP contribution in [0.1, 0.15) is 43.3 Å². The van der Waals surface area contributed by atoms with Gasteiger partial charge in [-0.3, -0.25) is 0 Å². The lowest BCUT2D eigenvalue weighted by Crippen LogP contribution is -2.16. The van der Waals surface area contributed by atoms with Gasteiger partial charge in [-0.2, -0.15) is 4.52 Å². The number of fused-ring (bicyclic) bond motifs is 1. The highest BCUT2D eigenvalue weighted by atomic mass is 32.2. The van der Waals surface area contributed by atoms with Crippen LogP contribution >= 0.6 is 23.1 Å². The second-order valence-corrected chi connectivity index (χ2v) is 8.31. The number of benzene rings is 1. The van der Waals surface area contributed by atoms with E-state index >= 15 is 0 Å². The van der Waals surface area contributed by atoms with Crippen molar-refractivity contribution in [3.8, 4) is 0 Å². The number of aryl methyl sites for hydroxylation is 1. The van der Waals surface area contributed by atoms with Crippen LogP contribution in [0.25, 0.3) is 4.96 Å². The molecule has 0 fully saturated rings. The van der Waals surface area contributed by atoms with Crippen LogP contribution in [0.5, 0.6) is 0 Å². The van der Waals surface area contributed by atoms with Crippen LogP contribution in [0.2, 0.25) is 0 Å². The van der Waals surface area contributed by atoms with Crippen LogP contribution in [0, 0.1) is 12.8 Å². The predicted octanol–water partition coefficient (Wildman–Crippen LogP) is 3.83. The van der Waals surface area contributed by atoms with Gasteiger partial charge < -0.3 is 5.73 Å². The first-order valence-electron chi connectivity index (χ1n) is 7.69. The fourth-order valence-electron chi connectivity index (χ4n) is 2.35. The van der Waals surface area contributed by atoms with Crippen molar-refractivity contribution in [2.24, 2.45) is 11.7 Å². The molecule has 0 radical (unpaired) electrons. The van der Waals surface area contributed by atoms with Crippen LogP contribution in [-0.4, -0.2) is 19.8 Å². The van der Waals surface area contributed by atoms with Crippen molar-refractivity contribution in [2.75, 3.05) is 0 Å². The van der Waals surface area contributed by atoms with E-state index in [1.165, 1.54) is 11.1 Å². The summed E-state index contributed by atoms with van der Waals surface area (Å²) in [6, 6.07) is 8.47. The van der Waals surface area contributed by atoms with Gasteiger partial charge in [0.2, 0.25) is 4.96 Å². The van der Waals surface area contributed by atoms with Crippen molar-refractivity contribution in [2.45, 2.75) is 43.3 Å². The average molecular weight is 348 g/mol. The Hall–Kier alpha value is -1.44. The summed E-state index contributed by atoms with van der Waals surface area (Å²) < 4.78 is 2.79. The molecular weight excluding hydrogens is 326 g/mol. The Kier molecular flexibility index (Phi) is 4.99. The first kappa shape index (κ1) is 16.4. The average Bonchev–Trinajstić information content (AvgIpc) is 3.05. The molecule has 3 aromatic rings. The van der Waals surface area contributed by atoms with Gasteiger partial charge in [0.25, 0.3) is 0 Å². The second-order valence-electron chi connectivity index (χ2n) is 6.13. The molecule has 23 heavy (non-hydrogen) atoms. The Labute approximate surface area is 144 Å². The smallest absolute Gasteiger partial charge is 0.235 e. The highest BCUT2D eigenvalue weighted by Crippen LogP contribution is 2.29. The molecule has 2 aromatic heterocycles. The van der Waals surface area contributed by atoms with Gasteiger partial charge in [-0.25, -0.2) is 0 Å². The maximum atomic E-state index is 6.23. The molecule has 1 atom stereocenters. The third-order valence-corrected chi connectivity index (χ3v) is 5.64. The van der Waals surface area contributed by atoms with E-state index in [1.807, 2.05) is 0 Å². The normalized spacial score (nSPS) is 13.1. The van der Waals surface area contributed by atoms with E-state index in [4.69, 9.17) is 5.73 Å². The third-order valence-electron chi connectivity index (χ3n) is 3.54. The van der Waals surface area contributed by atoms with Gasteiger partial charge in [-0.05, 0) is 24.8 Å². The Morgan fingerprint density at radius 1 is 1.22 bits per heavy atom. The minimum Gasteiger partial charge on any atom is -0.321 e. The molecule has 1 aromatic carbocycles. The lowest BCUT2D eigenvalue weighted by atomic mass is 10.0. The van der Waals surface area contributed by atoms with Crippen LogP contribution < -0.4 is 5.73 Å². The number of nitrogens with zero attached hydrogens (tertiary/aromatic N) is 4. The summed E-state index contributed by atoms with van der Waals surface area (Å²) in [5, 5.41) is 13.0. The maximum Gasteiger partial charge on any atom is 0.235 e. The molecule has 122 valence electrons. The highest BCUT2D eigenvalue weighted by molar-refractivity contribution is 8.00. The highest BCUT2D eigenvalue weighted by Gasteiger charge is 2.18. The molecule has 2 heterocycles. The summed E-state index contributed by atoms with van der Waals surface area (Å²) in [6.45, 7) is 6.41. The lowest BCUT2D eigenvalue weighted by Gasteiger charge is -2.10. The topological polar surface area (TPSA) is 69.1 Å². The molecule has 0 aliphatic carbocycles. The van der Waals surface area contributed by atoms with Crippen molar-refractivity contribution in [1.82, 2.24) is 19.8 Å². The molecule has 0 aliphatic rings. The Morgan fingerprint density at radius 3 is 2.65 bits per heavy atom. The molecule has 0 saturated heterocycles. The number of nitrogens with two attached hydrogens (primary N) is 1. The summed E-state index contributed by atoms with van der Waals surface area (Å²) in [5.41, 5.74) is 8.80. The zero-order valence-electron chi connectivity index (χ0n) is 13.6. The van der Waals surface area contributed by atoms with Crippen molar-refractivity contribution in [1.29, 1.82) is 0 Å². The summed E-state index contributed by atoms with van der Waals surface area (Å²) in [4.78, 5) is 0.811. The molecule has 7 heteroatoms. The Bertz CT molecular complexity index is 775. The van der Waals surface area contributed by atoms with Crippen LogP contribution in [0.15, 0.2) is 28.6 Å². The van der Waals surface area contributed by atoms with Gasteiger partial charge in [0, 0.05) is 5.75 Å². The summed E-state index contributed by atoms with van der Waals surface area (Å²) in [7, 11) is 0. The number of rotatable bonds is 6. The van der Waals surface area contributed by atoms with Gasteiger partial charge in [0.1, 0.15) is 0 Å². The van der Waals surface area contributed by atoms with E-state index in [0.717, 1.165) is 27.3 Å². The molecular formula is C16H21N5S2. The van der Waals surface area contributed by atoms with Crippen molar-refractivity contribution in [3.05, 3.63) is 41.2 Å². The van der Waals surface area contributed by atoms with Gasteiger partial charge >= 0.3 is 0 Å².